The SMILES string of the molecule is COCc1ncc(C(=O)OC)n1Cc1cc(-c2ccc(Cl)s2)on1. The summed E-state index contributed by atoms with van der Waals surface area (Å²) in [5.74, 6) is 0.746. The molecule has 0 amide bonds. The molecular formula is C15H14ClN3O4S. The first-order chi connectivity index (χ1) is 11.6. The number of nitrogens with zero attached hydrogens (tertiary/aromatic N) is 3. The number of imidazole rings is 1. The van der Waals surface area contributed by atoms with Gasteiger partial charge in [0.2, 0.25) is 0 Å². The van der Waals surface area contributed by atoms with E-state index in [9.17, 15) is 4.79 Å². The van der Waals surface area contributed by atoms with Gasteiger partial charge in [-0.15, -0.1) is 11.3 Å². The van der Waals surface area contributed by atoms with Crippen molar-refractivity contribution in [2.75, 3.05) is 14.2 Å². The van der Waals surface area contributed by atoms with Crippen molar-refractivity contribution in [1.29, 1.82) is 0 Å². The highest BCUT2D eigenvalue weighted by Crippen LogP contribution is 2.31. The van der Waals surface area contributed by atoms with Crippen LogP contribution in [0.3, 0.4) is 0 Å². The van der Waals surface area contributed by atoms with E-state index in [-0.39, 0.29) is 6.61 Å². The van der Waals surface area contributed by atoms with E-state index in [1.54, 1.807) is 23.8 Å². The summed E-state index contributed by atoms with van der Waals surface area (Å²) in [6.45, 7) is 0.577. The molecule has 0 radical (unpaired) electrons. The van der Waals surface area contributed by atoms with Gasteiger partial charge >= 0.3 is 5.97 Å². The van der Waals surface area contributed by atoms with Gasteiger partial charge in [-0.1, -0.05) is 16.8 Å². The van der Waals surface area contributed by atoms with Crippen LogP contribution < -0.4 is 0 Å². The molecule has 0 N–H and O–H groups in total. The van der Waals surface area contributed by atoms with Crippen molar-refractivity contribution in [1.82, 2.24) is 14.7 Å². The molecule has 0 atom stereocenters. The Morgan fingerprint density at radius 1 is 1.42 bits per heavy atom. The maximum Gasteiger partial charge on any atom is 0.356 e. The molecular weight excluding hydrogens is 354 g/mol. The van der Waals surface area contributed by atoms with Gasteiger partial charge in [-0.3, -0.25) is 0 Å². The summed E-state index contributed by atoms with van der Waals surface area (Å²) in [6.07, 6.45) is 1.46. The topological polar surface area (TPSA) is 79.4 Å². The molecule has 7 nitrogen and oxygen atoms in total. The predicted molar refractivity (Wildman–Crippen MR) is 88.2 cm³/mol. The first kappa shape index (κ1) is 16.7. The summed E-state index contributed by atoms with van der Waals surface area (Å²) in [5.41, 5.74) is 0.975. The van der Waals surface area contributed by atoms with Crippen LogP contribution in [0.4, 0.5) is 0 Å². The molecule has 9 heteroatoms. The summed E-state index contributed by atoms with van der Waals surface area (Å²) in [5, 5.41) is 4.05. The fourth-order valence-corrected chi connectivity index (χ4v) is 3.20. The van der Waals surface area contributed by atoms with E-state index in [1.165, 1.54) is 24.6 Å². The van der Waals surface area contributed by atoms with E-state index in [1.807, 2.05) is 6.07 Å². The first-order valence-electron chi connectivity index (χ1n) is 6.95. The minimum absolute atomic E-state index is 0.266. The number of carbonyl (C=O) groups is 1. The lowest BCUT2D eigenvalue weighted by molar-refractivity contribution is 0.0587. The van der Waals surface area contributed by atoms with E-state index in [0.717, 1.165) is 4.88 Å². The van der Waals surface area contributed by atoms with Crippen LogP contribution in [-0.4, -0.2) is 34.9 Å². The van der Waals surface area contributed by atoms with Gasteiger partial charge < -0.3 is 18.6 Å². The summed E-state index contributed by atoms with van der Waals surface area (Å²) < 4.78 is 17.6. The van der Waals surface area contributed by atoms with Crippen molar-refractivity contribution in [3.63, 3.8) is 0 Å². The average molecular weight is 368 g/mol. The quantitative estimate of drug-likeness (QED) is 0.622. The van der Waals surface area contributed by atoms with Crippen molar-refractivity contribution in [2.45, 2.75) is 13.2 Å². The number of aromatic nitrogens is 3. The summed E-state index contributed by atoms with van der Waals surface area (Å²) in [6, 6.07) is 5.47. The molecule has 0 aliphatic rings. The van der Waals surface area contributed by atoms with E-state index < -0.39 is 5.97 Å². The molecule has 126 valence electrons. The van der Waals surface area contributed by atoms with Crippen molar-refractivity contribution < 1.29 is 18.8 Å². The molecule has 3 heterocycles. The number of methoxy groups -OCH3 is 2. The van der Waals surface area contributed by atoms with E-state index in [4.69, 9.17) is 25.6 Å². The third-order valence-electron chi connectivity index (χ3n) is 3.30. The summed E-state index contributed by atoms with van der Waals surface area (Å²) in [7, 11) is 2.88. The van der Waals surface area contributed by atoms with Gasteiger partial charge in [0.15, 0.2) is 5.76 Å². The normalized spacial score (nSPS) is 11.0. The van der Waals surface area contributed by atoms with Gasteiger partial charge in [0.1, 0.15) is 23.8 Å². The van der Waals surface area contributed by atoms with Gasteiger partial charge in [0, 0.05) is 13.2 Å². The highest BCUT2D eigenvalue weighted by molar-refractivity contribution is 7.19. The van der Waals surface area contributed by atoms with E-state index in [0.29, 0.717) is 33.9 Å². The number of halogens is 1. The molecule has 0 aliphatic carbocycles. The zero-order chi connectivity index (χ0) is 17.1. The van der Waals surface area contributed by atoms with Crippen LogP contribution in [0, 0.1) is 0 Å². The highest BCUT2D eigenvalue weighted by atomic mass is 35.5. The van der Waals surface area contributed by atoms with Crippen LogP contribution in [0.2, 0.25) is 4.34 Å². The Hall–Kier alpha value is -2.16. The Bertz CT molecular complexity index is 855. The fourth-order valence-electron chi connectivity index (χ4n) is 2.21. The minimum Gasteiger partial charge on any atom is -0.464 e. The van der Waals surface area contributed by atoms with Crippen molar-refractivity contribution in [3.8, 4) is 10.6 Å². The lowest BCUT2D eigenvalue weighted by atomic mass is 10.3. The van der Waals surface area contributed by atoms with E-state index in [2.05, 4.69) is 10.1 Å². The van der Waals surface area contributed by atoms with Crippen molar-refractivity contribution in [2.24, 2.45) is 0 Å². The van der Waals surface area contributed by atoms with Crippen LogP contribution in [0.25, 0.3) is 10.6 Å². The number of carbonyl (C=O) groups excluding carboxylic acids is 1. The van der Waals surface area contributed by atoms with Gasteiger partial charge in [-0.05, 0) is 12.1 Å². The summed E-state index contributed by atoms with van der Waals surface area (Å²) >= 11 is 7.34. The molecule has 3 aromatic rings. The lowest BCUT2D eigenvalue weighted by Gasteiger charge is -2.08. The monoisotopic (exact) mass is 367 g/mol. The second kappa shape index (κ2) is 7.16. The van der Waals surface area contributed by atoms with Crippen LogP contribution in [0.15, 0.2) is 28.9 Å². The Kier molecular flexibility index (Phi) is 4.98. The average Bonchev–Trinajstić information content (AvgIpc) is 3.29. The summed E-state index contributed by atoms with van der Waals surface area (Å²) in [4.78, 5) is 17.0. The van der Waals surface area contributed by atoms with Crippen LogP contribution in [0.5, 0.6) is 0 Å². The molecule has 0 bridgehead atoms. The third-order valence-corrected chi connectivity index (χ3v) is 4.55. The smallest absolute Gasteiger partial charge is 0.356 e. The molecule has 24 heavy (non-hydrogen) atoms. The highest BCUT2D eigenvalue weighted by Gasteiger charge is 2.19. The lowest BCUT2D eigenvalue weighted by Crippen LogP contribution is -2.14. The van der Waals surface area contributed by atoms with Gasteiger partial charge in [0.25, 0.3) is 0 Å². The third kappa shape index (κ3) is 3.35. The molecule has 0 unspecified atom stereocenters. The number of hydrogen-bond acceptors (Lipinski definition) is 7. The molecule has 0 aromatic carbocycles. The number of esters is 1. The Morgan fingerprint density at radius 3 is 2.92 bits per heavy atom. The Labute approximate surface area is 146 Å². The second-order valence-electron chi connectivity index (χ2n) is 4.86. The van der Waals surface area contributed by atoms with Crippen LogP contribution in [0.1, 0.15) is 22.0 Å². The maximum absolute atomic E-state index is 11.9. The molecule has 0 aliphatic heterocycles. The van der Waals surface area contributed by atoms with Crippen LogP contribution >= 0.6 is 22.9 Å². The molecule has 0 saturated carbocycles. The van der Waals surface area contributed by atoms with E-state index >= 15 is 0 Å². The number of ether oxygens (including phenoxy) is 2. The van der Waals surface area contributed by atoms with Gasteiger partial charge in [0.05, 0.1) is 29.1 Å². The predicted octanol–water partition coefficient (Wildman–Crippen LogP) is 3.23. The molecule has 0 fully saturated rings. The maximum atomic E-state index is 11.9. The number of hydrogen-bond donors (Lipinski definition) is 0. The standard InChI is InChI=1S/C15H14ClN3O4S/c1-21-8-14-17-6-10(15(20)22-2)19(14)7-9-5-11(23-18-9)12-3-4-13(16)24-12/h3-6H,7-8H2,1-2H3. The fraction of sp³-hybridized carbons (Fsp3) is 0.267. The zero-order valence-corrected chi connectivity index (χ0v) is 14.6. The van der Waals surface area contributed by atoms with Crippen LogP contribution in [-0.2, 0) is 22.6 Å². The minimum atomic E-state index is -0.474. The van der Waals surface area contributed by atoms with Gasteiger partial charge in [-0.25, -0.2) is 9.78 Å². The van der Waals surface area contributed by atoms with Crippen molar-refractivity contribution in [3.05, 3.63) is 45.9 Å². The molecule has 0 saturated heterocycles. The first-order valence-corrected chi connectivity index (χ1v) is 8.14. The van der Waals surface area contributed by atoms with Crippen molar-refractivity contribution >= 4 is 28.9 Å². The Morgan fingerprint density at radius 2 is 2.25 bits per heavy atom. The second-order valence-corrected chi connectivity index (χ2v) is 6.57. The molecule has 3 rings (SSSR count). The van der Waals surface area contributed by atoms with Gasteiger partial charge in [-0.2, -0.15) is 0 Å². The Balaban J connectivity index is 1.89. The largest absolute Gasteiger partial charge is 0.464 e. The number of rotatable bonds is 6. The molecule has 3 aromatic heterocycles. The number of thiophene rings is 1. The zero-order valence-electron chi connectivity index (χ0n) is 13.0. The molecule has 0 spiro atoms.